The molecule has 0 fully saturated rings. The minimum Gasteiger partial charge on any atom is -0.278 e. The van der Waals surface area contributed by atoms with E-state index in [0.717, 1.165) is 38.7 Å². The molecule has 0 amide bonds. The summed E-state index contributed by atoms with van der Waals surface area (Å²) in [6, 6.07) is 14.6. The second kappa shape index (κ2) is 13.5. The maximum absolute atomic E-state index is 5.92. The molecule has 0 saturated carbocycles. The van der Waals surface area contributed by atoms with Crippen LogP contribution in [0.1, 0.15) is 49.9 Å². The lowest BCUT2D eigenvalue weighted by molar-refractivity contribution is 1.06. The summed E-state index contributed by atoms with van der Waals surface area (Å²) in [5.41, 5.74) is 7.24. The van der Waals surface area contributed by atoms with Gasteiger partial charge in [0.05, 0.1) is 11.5 Å². The molecule has 2 aromatic carbocycles. The predicted molar refractivity (Wildman–Crippen MR) is 139 cm³/mol. The second-order valence-corrected chi connectivity index (χ2v) is 7.94. The van der Waals surface area contributed by atoms with E-state index >= 15 is 0 Å². The highest BCUT2D eigenvalue weighted by Crippen LogP contribution is 2.20. The molecule has 3 rings (SSSR count). The maximum atomic E-state index is 5.92. The molecule has 0 bridgehead atoms. The van der Waals surface area contributed by atoms with Gasteiger partial charge in [-0.15, -0.1) is 0 Å². The number of aromatic nitrogens is 2. The molecule has 0 aliphatic carbocycles. The van der Waals surface area contributed by atoms with E-state index in [1.54, 1.807) is 6.20 Å². The van der Waals surface area contributed by atoms with Crippen LogP contribution in [0.2, 0.25) is 5.02 Å². The van der Waals surface area contributed by atoms with Crippen molar-refractivity contribution in [3.63, 3.8) is 0 Å². The number of nitrogens with zero attached hydrogens (tertiary/aromatic N) is 1. The van der Waals surface area contributed by atoms with E-state index in [1.807, 2.05) is 58.0 Å². The molecule has 2 nitrogen and oxygen atoms in total. The molecule has 0 spiro atoms. The molecular formula is C28H35ClN2. The molecule has 0 radical (unpaired) electrons. The molecule has 31 heavy (non-hydrogen) atoms. The Morgan fingerprint density at radius 2 is 1.84 bits per heavy atom. The molecule has 3 aromatic rings. The fourth-order valence-electron chi connectivity index (χ4n) is 2.78. The predicted octanol–water partition coefficient (Wildman–Crippen LogP) is 6.81. The van der Waals surface area contributed by atoms with Gasteiger partial charge in [-0.2, -0.15) is 5.10 Å². The van der Waals surface area contributed by atoms with Gasteiger partial charge in [0.2, 0.25) is 0 Å². The lowest BCUT2D eigenvalue weighted by Crippen LogP contribution is -2.21. The second-order valence-electron chi connectivity index (χ2n) is 7.53. The van der Waals surface area contributed by atoms with Crippen LogP contribution >= 0.6 is 11.6 Å². The number of halogens is 1. The number of aryl methyl sites for hydroxylation is 3. The number of hydrogen-bond acceptors (Lipinski definition) is 1. The lowest BCUT2D eigenvalue weighted by Gasteiger charge is -2.01. The molecule has 3 heteroatoms. The van der Waals surface area contributed by atoms with Gasteiger partial charge < -0.3 is 0 Å². The standard InChI is InChI=1S/C10H11Cl.C9H12N2.C9H12/c1-7(2)9-5-4-8(3)10(11)6-9;1-4-5-7(2)9-6-10-11-8(9)3;1-3-9-6-4-5-8(2)7-9/h4-6H,1H2,2-3H3;4-6,11H,3H2,1-2H3;4-7H,3H2,1-2H3/b;5-4-,9-7-;. The lowest BCUT2D eigenvalue weighted by atomic mass is 10.1. The Kier molecular flexibility index (Phi) is 11.4. The van der Waals surface area contributed by atoms with Crippen molar-refractivity contribution in [1.82, 2.24) is 10.2 Å². The number of rotatable bonds is 3. The van der Waals surface area contributed by atoms with Gasteiger partial charge in [-0.3, -0.25) is 5.10 Å². The van der Waals surface area contributed by atoms with E-state index in [2.05, 4.69) is 61.5 Å². The van der Waals surface area contributed by atoms with E-state index in [9.17, 15) is 0 Å². The molecule has 1 aromatic heterocycles. The van der Waals surface area contributed by atoms with Gasteiger partial charge in [0.15, 0.2) is 0 Å². The van der Waals surface area contributed by atoms with E-state index < -0.39 is 0 Å². The zero-order valence-corrected chi connectivity index (χ0v) is 20.5. The van der Waals surface area contributed by atoms with E-state index in [1.165, 1.54) is 16.7 Å². The summed E-state index contributed by atoms with van der Waals surface area (Å²) < 4.78 is 0. The Morgan fingerprint density at radius 3 is 2.29 bits per heavy atom. The van der Waals surface area contributed by atoms with Crippen LogP contribution < -0.4 is 10.6 Å². The Morgan fingerprint density at radius 1 is 1.13 bits per heavy atom. The molecular weight excluding hydrogens is 400 g/mol. The summed E-state index contributed by atoms with van der Waals surface area (Å²) >= 11 is 5.92. The normalized spacial score (nSPS) is 11.2. The van der Waals surface area contributed by atoms with Gasteiger partial charge in [-0.1, -0.05) is 91.4 Å². The fraction of sp³-hybridized carbons (Fsp3) is 0.250. The molecule has 0 saturated heterocycles. The molecule has 0 atom stereocenters. The van der Waals surface area contributed by atoms with Gasteiger partial charge in [-0.05, 0) is 69.4 Å². The largest absolute Gasteiger partial charge is 0.278 e. The van der Waals surface area contributed by atoms with Crippen molar-refractivity contribution in [1.29, 1.82) is 0 Å². The van der Waals surface area contributed by atoms with Crippen LogP contribution in [-0.2, 0) is 6.42 Å². The topological polar surface area (TPSA) is 28.7 Å². The maximum Gasteiger partial charge on any atom is 0.0581 e. The van der Waals surface area contributed by atoms with Crippen molar-refractivity contribution in [3.05, 3.63) is 105 Å². The number of hydrogen-bond donors (Lipinski definition) is 1. The van der Waals surface area contributed by atoms with Gasteiger partial charge in [0, 0.05) is 10.2 Å². The van der Waals surface area contributed by atoms with Crippen LogP contribution in [0.25, 0.3) is 17.7 Å². The van der Waals surface area contributed by atoms with Crippen molar-refractivity contribution in [2.24, 2.45) is 0 Å². The highest BCUT2D eigenvalue weighted by atomic mass is 35.5. The molecule has 164 valence electrons. The van der Waals surface area contributed by atoms with Gasteiger partial charge in [0.1, 0.15) is 0 Å². The highest BCUT2D eigenvalue weighted by molar-refractivity contribution is 6.31. The number of H-pyrrole nitrogens is 1. The average molecular weight is 435 g/mol. The third-order valence-electron chi connectivity index (χ3n) is 4.72. The summed E-state index contributed by atoms with van der Waals surface area (Å²) in [7, 11) is 0. The first-order valence-electron chi connectivity index (χ1n) is 10.5. The minimum absolute atomic E-state index is 0.811. The van der Waals surface area contributed by atoms with Crippen LogP contribution in [0, 0.1) is 13.8 Å². The monoisotopic (exact) mass is 434 g/mol. The smallest absolute Gasteiger partial charge is 0.0581 e. The highest BCUT2D eigenvalue weighted by Gasteiger charge is 1.97. The number of benzene rings is 2. The first kappa shape index (κ1) is 26.2. The minimum atomic E-state index is 0.811. The zero-order valence-electron chi connectivity index (χ0n) is 19.7. The van der Waals surface area contributed by atoms with Crippen LogP contribution in [0.3, 0.4) is 0 Å². The fourth-order valence-corrected chi connectivity index (χ4v) is 2.96. The summed E-state index contributed by atoms with van der Waals surface area (Å²) in [6.07, 6.45) is 6.97. The van der Waals surface area contributed by atoms with E-state index in [4.69, 9.17) is 11.6 Å². The number of allylic oxidation sites excluding steroid dienone is 3. The Balaban J connectivity index is 0.000000234. The summed E-state index contributed by atoms with van der Waals surface area (Å²) in [4.78, 5) is 0. The molecule has 0 unspecified atom stereocenters. The zero-order chi connectivity index (χ0) is 23.4. The number of nitrogens with one attached hydrogen (secondary N) is 1. The number of aromatic amines is 1. The van der Waals surface area contributed by atoms with Gasteiger partial charge in [0.25, 0.3) is 0 Å². The van der Waals surface area contributed by atoms with E-state index in [0.29, 0.717) is 0 Å². The molecule has 0 aliphatic rings. The first-order valence-corrected chi connectivity index (χ1v) is 10.9. The SMILES string of the molecule is C=C(C)c1ccc(C)c(Cl)c1.C=c1[nH]nc/c1=C(C)/C=C\C.CCc1cccc(C)c1. The van der Waals surface area contributed by atoms with Crippen molar-refractivity contribution in [2.45, 2.75) is 48.0 Å². The van der Waals surface area contributed by atoms with Crippen LogP contribution in [-0.4, -0.2) is 10.2 Å². The summed E-state index contributed by atoms with van der Waals surface area (Å²) in [5, 5.41) is 9.45. The van der Waals surface area contributed by atoms with E-state index in [-0.39, 0.29) is 0 Å². The van der Waals surface area contributed by atoms with Crippen LogP contribution in [0.4, 0.5) is 0 Å². The van der Waals surface area contributed by atoms with Crippen molar-refractivity contribution in [2.75, 3.05) is 0 Å². The Hall–Kier alpha value is -2.84. The van der Waals surface area contributed by atoms with Crippen molar-refractivity contribution >= 4 is 29.3 Å². The average Bonchev–Trinajstić information content (AvgIpc) is 3.17. The molecule has 0 aliphatic heterocycles. The third-order valence-corrected chi connectivity index (χ3v) is 5.12. The summed E-state index contributed by atoms with van der Waals surface area (Å²) in [6.45, 7) is 19.9. The van der Waals surface area contributed by atoms with Crippen molar-refractivity contribution in [3.8, 4) is 0 Å². The third kappa shape index (κ3) is 9.23. The van der Waals surface area contributed by atoms with Crippen LogP contribution in [0.5, 0.6) is 0 Å². The molecule has 1 heterocycles. The Bertz CT molecular complexity index is 1120. The van der Waals surface area contributed by atoms with Gasteiger partial charge >= 0.3 is 0 Å². The van der Waals surface area contributed by atoms with Gasteiger partial charge in [-0.25, -0.2) is 0 Å². The van der Waals surface area contributed by atoms with Crippen molar-refractivity contribution < 1.29 is 0 Å². The van der Waals surface area contributed by atoms with Crippen LogP contribution in [0.15, 0.2) is 67.4 Å². The quantitative estimate of drug-likeness (QED) is 0.482. The molecule has 1 N–H and O–H groups in total. The summed E-state index contributed by atoms with van der Waals surface area (Å²) in [5.74, 6) is 0. The Labute approximate surface area is 192 Å². The first-order chi connectivity index (χ1) is 14.7.